The molecule has 0 radical (unpaired) electrons. The van der Waals surface area contributed by atoms with Crippen molar-refractivity contribution in [3.05, 3.63) is 146 Å². The van der Waals surface area contributed by atoms with Gasteiger partial charge in [-0.2, -0.15) is 0 Å². The van der Waals surface area contributed by atoms with Crippen molar-refractivity contribution in [2.75, 3.05) is 37.1 Å². The minimum absolute atomic E-state index is 0. The van der Waals surface area contributed by atoms with E-state index in [1.54, 1.807) is 0 Å². The van der Waals surface area contributed by atoms with Crippen LogP contribution in [0, 0.1) is 0 Å². The Bertz CT molecular complexity index is 2110. The summed E-state index contributed by atoms with van der Waals surface area (Å²) in [5.41, 5.74) is 7.90. The van der Waals surface area contributed by atoms with Crippen LogP contribution in [0.1, 0.15) is 0 Å². The molecule has 0 bridgehead atoms. The Kier molecular flexibility index (Phi) is 9.87. The van der Waals surface area contributed by atoms with Gasteiger partial charge in [-0.05, 0) is 72.8 Å². The number of nitrogens with one attached hydrogen (secondary N) is 2. The fraction of sp³-hybridized carbons (Fsp3) is 0.0952. The van der Waals surface area contributed by atoms with Gasteiger partial charge in [0.05, 0.1) is 46.7 Å². The summed E-state index contributed by atoms with van der Waals surface area (Å²) < 4.78 is 17.6. The van der Waals surface area contributed by atoms with Crippen LogP contribution in [0.5, 0.6) is 11.5 Å². The summed E-state index contributed by atoms with van der Waals surface area (Å²) in [6.07, 6.45) is 0. The smallest absolute Gasteiger partial charge is 0.119 e. The van der Waals surface area contributed by atoms with E-state index in [-0.39, 0.29) is 12.4 Å². The number of halogens is 1. The lowest BCUT2D eigenvalue weighted by Crippen LogP contribution is -2.12. The first-order chi connectivity index (χ1) is 24.3. The fourth-order valence-corrected chi connectivity index (χ4v) is 6.05. The molecule has 6 aromatic carbocycles. The van der Waals surface area contributed by atoms with Crippen LogP contribution in [-0.4, -0.2) is 36.4 Å². The van der Waals surface area contributed by atoms with Crippen LogP contribution in [0.15, 0.2) is 146 Å². The maximum absolute atomic E-state index is 5.92. The van der Waals surface area contributed by atoms with Gasteiger partial charge < -0.3 is 24.8 Å². The normalized spacial score (nSPS) is 11.0. The van der Waals surface area contributed by atoms with Crippen LogP contribution in [-0.2, 0) is 4.74 Å². The summed E-state index contributed by atoms with van der Waals surface area (Å²) in [7, 11) is 0. The highest BCUT2D eigenvalue weighted by Crippen LogP contribution is 2.35. The Morgan fingerprint density at radius 1 is 0.380 bits per heavy atom. The minimum Gasteiger partial charge on any atom is -0.491 e. The molecule has 8 heteroatoms. The van der Waals surface area contributed by atoms with Crippen molar-refractivity contribution in [1.29, 1.82) is 0 Å². The number of hydrogen-bond donors (Lipinski definition) is 2. The van der Waals surface area contributed by atoms with Crippen molar-refractivity contribution >= 4 is 78.8 Å². The lowest BCUT2D eigenvalue weighted by atomic mass is 10.1. The van der Waals surface area contributed by atoms with E-state index < -0.39 is 0 Å². The van der Waals surface area contributed by atoms with Gasteiger partial charge >= 0.3 is 0 Å². The van der Waals surface area contributed by atoms with Gasteiger partial charge in [-0.1, -0.05) is 72.8 Å². The Morgan fingerprint density at radius 2 is 0.700 bits per heavy atom. The van der Waals surface area contributed by atoms with E-state index in [1.165, 1.54) is 0 Å². The molecule has 2 aromatic heterocycles. The van der Waals surface area contributed by atoms with Crippen molar-refractivity contribution in [3.8, 4) is 11.5 Å². The molecular weight excluding hydrogens is 644 g/mol. The fourth-order valence-electron chi connectivity index (χ4n) is 6.05. The second-order valence-corrected chi connectivity index (χ2v) is 11.7. The zero-order valence-corrected chi connectivity index (χ0v) is 28.0. The quantitative estimate of drug-likeness (QED) is 0.0983. The number of fused-ring (bicyclic) bond motifs is 4. The molecule has 7 nitrogen and oxygen atoms in total. The molecule has 0 spiro atoms. The molecule has 0 aliphatic carbocycles. The molecule has 2 heterocycles. The zero-order valence-electron chi connectivity index (χ0n) is 27.2. The first-order valence-corrected chi connectivity index (χ1v) is 16.4. The maximum atomic E-state index is 5.92. The number of aromatic nitrogens is 2. The molecule has 8 aromatic rings. The van der Waals surface area contributed by atoms with Gasteiger partial charge in [0.1, 0.15) is 24.7 Å². The summed E-state index contributed by atoms with van der Waals surface area (Å²) in [6, 6.07) is 48.7. The second-order valence-electron chi connectivity index (χ2n) is 11.7. The third kappa shape index (κ3) is 7.10. The van der Waals surface area contributed by atoms with Gasteiger partial charge in [-0.15, -0.1) is 12.4 Å². The van der Waals surface area contributed by atoms with Gasteiger partial charge in [-0.25, -0.2) is 9.97 Å². The molecule has 0 atom stereocenters. The summed E-state index contributed by atoms with van der Waals surface area (Å²) in [6.45, 7) is 1.83. The van der Waals surface area contributed by atoms with Crippen LogP contribution >= 0.6 is 12.4 Å². The Morgan fingerprint density at radius 3 is 1.04 bits per heavy atom. The summed E-state index contributed by atoms with van der Waals surface area (Å²) in [5.74, 6) is 1.58. The number of rotatable bonds is 12. The maximum Gasteiger partial charge on any atom is 0.119 e. The molecular formula is C42H35ClN4O3. The molecule has 2 N–H and O–H groups in total. The van der Waals surface area contributed by atoms with E-state index in [0.717, 1.165) is 77.9 Å². The highest BCUT2D eigenvalue weighted by atomic mass is 35.5. The van der Waals surface area contributed by atoms with Crippen LogP contribution in [0.2, 0.25) is 0 Å². The molecule has 0 aliphatic heterocycles. The topological polar surface area (TPSA) is 77.5 Å². The van der Waals surface area contributed by atoms with Crippen LogP contribution < -0.4 is 20.1 Å². The number of pyridine rings is 2. The van der Waals surface area contributed by atoms with E-state index in [1.807, 2.05) is 121 Å². The molecule has 0 saturated heterocycles. The molecule has 0 aliphatic rings. The van der Waals surface area contributed by atoms with E-state index in [2.05, 4.69) is 34.9 Å². The summed E-state index contributed by atoms with van der Waals surface area (Å²) in [4.78, 5) is 9.63. The first kappa shape index (κ1) is 32.6. The van der Waals surface area contributed by atoms with Gasteiger partial charge in [0.25, 0.3) is 0 Å². The average Bonchev–Trinajstić information content (AvgIpc) is 3.15. The Balaban J connectivity index is 0.00000392. The predicted octanol–water partition coefficient (Wildman–Crippen LogP) is 10.5. The van der Waals surface area contributed by atoms with Gasteiger partial charge in [-0.3, -0.25) is 0 Å². The third-order valence-electron chi connectivity index (χ3n) is 8.42. The van der Waals surface area contributed by atoms with Crippen LogP contribution in [0.4, 0.5) is 22.7 Å². The second kappa shape index (κ2) is 15.1. The van der Waals surface area contributed by atoms with Crippen LogP contribution in [0.3, 0.4) is 0 Å². The zero-order chi connectivity index (χ0) is 32.8. The highest BCUT2D eigenvalue weighted by molar-refractivity contribution is 6.09. The van der Waals surface area contributed by atoms with E-state index in [9.17, 15) is 0 Å². The van der Waals surface area contributed by atoms with Crippen molar-refractivity contribution < 1.29 is 14.2 Å². The number of nitrogens with zero attached hydrogens (tertiary/aromatic N) is 2. The number of anilines is 4. The van der Waals surface area contributed by atoms with Gasteiger partial charge in [0.15, 0.2) is 0 Å². The van der Waals surface area contributed by atoms with Crippen molar-refractivity contribution in [3.63, 3.8) is 0 Å². The monoisotopic (exact) mass is 678 g/mol. The largest absolute Gasteiger partial charge is 0.491 e. The number of hydrogen-bond acceptors (Lipinski definition) is 7. The SMILES string of the molecule is Cl.c1ccc2c(Nc3ccc(OCCOCCOc4ccc(Nc5c6ccccc6nc6ccccc56)cc4)cc3)c3ccccc3nc2c1. The molecule has 0 saturated carbocycles. The lowest BCUT2D eigenvalue weighted by molar-refractivity contribution is 0.0764. The molecule has 0 amide bonds. The van der Waals surface area contributed by atoms with Gasteiger partial charge in [0, 0.05) is 32.9 Å². The molecule has 8 rings (SSSR count). The Labute approximate surface area is 296 Å². The summed E-state index contributed by atoms with van der Waals surface area (Å²) in [5, 5.41) is 11.5. The van der Waals surface area contributed by atoms with Crippen molar-refractivity contribution in [2.45, 2.75) is 0 Å². The minimum atomic E-state index is 0. The molecule has 0 unspecified atom stereocenters. The number of para-hydroxylation sites is 4. The van der Waals surface area contributed by atoms with E-state index in [0.29, 0.717) is 26.4 Å². The first-order valence-electron chi connectivity index (χ1n) is 16.4. The standard InChI is InChI=1S/C42H34N4O3.ClH/c1-5-13-37-33(9-1)41(34-10-2-6-14-38(34)45-37)43-29-17-21-31(22-18-29)48-27-25-47-26-28-49-32-23-19-30(20-24-32)44-42-35-11-3-7-15-39(35)46-40-16-8-4-12-36(40)42;/h1-24H,25-28H2,(H,43,45)(H,44,46);1H. The Hall–Kier alpha value is -5.89. The van der Waals surface area contributed by atoms with Crippen LogP contribution in [0.25, 0.3) is 43.6 Å². The van der Waals surface area contributed by atoms with Crippen molar-refractivity contribution in [1.82, 2.24) is 9.97 Å². The third-order valence-corrected chi connectivity index (χ3v) is 8.42. The molecule has 0 fully saturated rings. The van der Waals surface area contributed by atoms with E-state index in [4.69, 9.17) is 24.2 Å². The number of benzene rings is 6. The lowest BCUT2D eigenvalue weighted by Gasteiger charge is -2.14. The van der Waals surface area contributed by atoms with E-state index >= 15 is 0 Å². The van der Waals surface area contributed by atoms with Gasteiger partial charge in [0.2, 0.25) is 0 Å². The number of ether oxygens (including phenoxy) is 3. The average molecular weight is 679 g/mol. The molecule has 50 heavy (non-hydrogen) atoms. The van der Waals surface area contributed by atoms with Crippen molar-refractivity contribution in [2.24, 2.45) is 0 Å². The highest BCUT2D eigenvalue weighted by Gasteiger charge is 2.11. The predicted molar refractivity (Wildman–Crippen MR) is 207 cm³/mol. The molecule has 248 valence electrons. The summed E-state index contributed by atoms with van der Waals surface area (Å²) >= 11 is 0.